The third kappa shape index (κ3) is 2.89. The van der Waals surface area contributed by atoms with Gasteiger partial charge in [-0.25, -0.2) is 0 Å². The highest BCUT2D eigenvalue weighted by Gasteiger charge is 2.31. The highest BCUT2D eigenvalue weighted by atomic mass is 19.4. The van der Waals surface area contributed by atoms with Crippen LogP contribution >= 0.6 is 0 Å². The predicted octanol–water partition coefficient (Wildman–Crippen LogP) is 3.36. The van der Waals surface area contributed by atoms with Gasteiger partial charge in [-0.05, 0) is 32.0 Å². The number of hydrogen-bond donors (Lipinski definition) is 0. The Bertz CT molecular complexity index is 418. The molecule has 5 heteroatoms. The van der Waals surface area contributed by atoms with Crippen molar-refractivity contribution in [1.82, 2.24) is 0 Å². The van der Waals surface area contributed by atoms with Crippen molar-refractivity contribution in [2.75, 3.05) is 0 Å². The molecule has 1 aromatic rings. The molecule has 0 aliphatic carbocycles. The Morgan fingerprint density at radius 3 is 2.38 bits per heavy atom. The van der Waals surface area contributed by atoms with E-state index in [0.29, 0.717) is 0 Å². The number of hydrogen-bond acceptors (Lipinski definition) is 2. The minimum absolute atomic E-state index is 0.108. The maximum atomic E-state index is 12.3. The highest BCUT2D eigenvalue weighted by molar-refractivity contribution is 5.46. The van der Waals surface area contributed by atoms with Crippen LogP contribution in [0.25, 0.3) is 0 Å². The van der Waals surface area contributed by atoms with Crippen LogP contribution in [0.15, 0.2) is 18.2 Å². The molecule has 1 rings (SSSR count). The van der Waals surface area contributed by atoms with Crippen LogP contribution in [0.1, 0.15) is 25.0 Å². The molecule has 1 aromatic carbocycles. The van der Waals surface area contributed by atoms with Crippen molar-refractivity contribution in [3.05, 3.63) is 29.3 Å². The largest absolute Gasteiger partial charge is 0.490 e. The summed E-state index contributed by atoms with van der Waals surface area (Å²) in [5.74, 6) is 0.172. The van der Waals surface area contributed by atoms with Crippen LogP contribution in [0.2, 0.25) is 0 Å². The van der Waals surface area contributed by atoms with E-state index in [2.05, 4.69) is 0 Å². The van der Waals surface area contributed by atoms with Crippen LogP contribution in [0.5, 0.6) is 5.75 Å². The maximum Gasteiger partial charge on any atom is 0.416 e. The lowest BCUT2D eigenvalue weighted by Crippen LogP contribution is -2.09. The van der Waals surface area contributed by atoms with Gasteiger partial charge in [0.1, 0.15) is 11.8 Å². The number of halogens is 3. The minimum Gasteiger partial charge on any atom is -0.490 e. The quantitative estimate of drug-likeness (QED) is 0.778. The molecule has 86 valence electrons. The van der Waals surface area contributed by atoms with Gasteiger partial charge in [0, 0.05) is 0 Å². The van der Waals surface area contributed by atoms with Crippen molar-refractivity contribution in [2.24, 2.45) is 0 Å². The van der Waals surface area contributed by atoms with Gasteiger partial charge in [0.15, 0.2) is 0 Å². The van der Waals surface area contributed by atoms with Gasteiger partial charge in [-0.15, -0.1) is 0 Å². The topological polar surface area (TPSA) is 33.0 Å². The number of nitrogens with zero attached hydrogens (tertiary/aromatic N) is 1. The first-order valence-electron chi connectivity index (χ1n) is 4.62. The molecule has 0 aliphatic heterocycles. The first-order chi connectivity index (χ1) is 7.34. The third-order valence-corrected chi connectivity index (χ3v) is 1.79. The Hall–Kier alpha value is -1.70. The van der Waals surface area contributed by atoms with Crippen LogP contribution in [0.3, 0.4) is 0 Å². The Kier molecular flexibility index (Phi) is 3.43. The average molecular weight is 229 g/mol. The number of nitriles is 1. The standard InChI is InChI=1S/C11H10F3NO/c1-7(2)16-10-4-3-9(11(12,13)14)5-8(10)6-15/h3-5,7H,1-2H3. The second kappa shape index (κ2) is 4.44. The SMILES string of the molecule is CC(C)Oc1ccc(C(F)(F)F)cc1C#N. The Balaban J connectivity index is 3.13. The fourth-order valence-corrected chi connectivity index (χ4v) is 1.15. The molecule has 0 aliphatic rings. The van der Waals surface area contributed by atoms with Crippen molar-refractivity contribution < 1.29 is 17.9 Å². The summed E-state index contributed by atoms with van der Waals surface area (Å²) in [6.45, 7) is 3.47. The molecule has 0 atom stereocenters. The molecular formula is C11H10F3NO. The number of ether oxygens (including phenoxy) is 1. The Morgan fingerprint density at radius 1 is 1.31 bits per heavy atom. The molecule has 0 N–H and O–H groups in total. The molecule has 0 radical (unpaired) electrons. The smallest absolute Gasteiger partial charge is 0.416 e. The number of rotatable bonds is 2. The Morgan fingerprint density at radius 2 is 1.94 bits per heavy atom. The zero-order valence-electron chi connectivity index (χ0n) is 8.80. The fraction of sp³-hybridized carbons (Fsp3) is 0.364. The molecule has 2 nitrogen and oxygen atoms in total. The van der Waals surface area contributed by atoms with Gasteiger partial charge in [0.05, 0.1) is 17.2 Å². The lowest BCUT2D eigenvalue weighted by molar-refractivity contribution is -0.137. The van der Waals surface area contributed by atoms with Gasteiger partial charge in [-0.1, -0.05) is 0 Å². The highest BCUT2D eigenvalue weighted by Crippen LogP contribution is 2.32. The van der Waals surface area contributed by atoms with E-state index in [1.165, 1.54) is 6.07 Å². The van der Waals surface area contributed by atoms with E-state index in [4.69, 9.17) is 10.00 Å². The summed E-state index contributed by atoms with van der Waals surface area (Å²) in [6.07, 6.45) is -4.63. The van der Waals surface area contributed by atoms with Crippen molar-refractivity contribution in [3.63, 3.8) is 0 Å². The maximum absolute atomic E-state index is 12.3. The summed E-state index contributed by atoms with van der Waals surface area (Å²) in [5.41, 5.74) is -0.955. The normalized spacial score (nSPS) is 11.3. The number of alkyl halides is 3. The van der Waals surface area contributed by atoms with E-state index in [9.17, 15) is 13.2 Å². The summed E-state index contributed by atoms with van der Waals surface area (Å²) in [6, 6.07) is 4.55. The van der Waals surface area contributed by atoms with Crippen LogP contribution < -0.4 is 4.74 Å². The summed E-state index contributed by atoms with van der Waals surface area (Å²) >= 11 is 0. The van der Waals surface area contributed by atoms with E-state index in [1.807, 2.05) is 0 Å². The average Bonchev–Trinajstić information content (AvgIpc) is 2.15. The number of benzene rings is 1. The second-order valence-corrected chi connectivity index (χ2v) is 3.49. The fourth-order valence-electron chi connectivity index (χ4n) is 1.15. The van der Waals surface area contributed by atoms with Gasteiger partial charge in [0.25, 0.3) is 0 Å². The molecule has 0 bridgehead atoms. The molecule has 0 heterocycles. The van der Waals surface area contributed by atoms with Crippen molar-refractivity contribution >= 4 is 0 Å². The van der Waals surface area contributed by atoms with Crippen LogP contribution in [-0.4, -0.2) is 6.10 Å². The van der Waals surface area contributed by atoms with Crippen molar-refractivity contribution in [2.45, 2.75) is 26.1 Å². The summed E-state index contributed by atoms with van der Waals surface area (Å²) in [4.78, 5) is 0. The molecular weight excluding hydrogens is 219 g/mol. The van der Waals surface area contributed by atoms with Crippen LogP contribution in [0.4, 0.5) is 13.2 Å². The van der Waals surface area contributed by atoms with Gasteiger partial charge in [-0.2, -0.15) is 18.4 Å². The lowest BCUT2D eigenvalue weighted by atomic mass is 10.1. The third-order valence-electron chi connectivity index (χ3n) is 1.79. The molecule has 0 saturated carbocycles. The van der Waals surface area contributed by atoms with Gasteiger partial charge >= 0.3 is 6.18 Å². The molecule has 0 aromatic heterocycles. The zero-order chi connectivity index (χ0) is 12.3. The van der Waals surface area contributed by atoms with E-state index < -0.39 is 11.7 Å². The second-order valence-electron chi connectivity index (χ2n) is 3.49. The lowest BCUT2D eigenvalue weighted by Gasteiger charge is -2.13. The summed E-state index contributed by atoms with van der Waals surface area (Å²) in [5, 5.41) is 8.72. The molecule has 16 heavy (non-hydrogen) atoms. The van der Waals surface area contributed by atoms with Gasteiger partial charge < -0.3 is 4.74 Å². The van der Waals surface area contributed by atoms with E-state index in [-0.39, 0.29) is 17.4 Å². The zero-order valence-corrected chi connectivity index (χ0v) is 8.80. The molecule has 0 amide bonds. The molecule has 0 spiro atoms. The Labute approximate surface area is 91.3 Å². The summed E-state index contributed by atoms with van der Waals surface area (Å²) in [7, 11) is 0. The predicted molar refractivity (Wildman–Crippen MR) is 51.9 cm³/mol. The van der Waals surface area contributed by atoms with E-state index in [1.54, 1.807) is 19.9 Å². The van der Waals surface area contributed by atoms with Crippen LogP contribution in [0, 0.1) is 11.3 Å². The first-order valence-corrected chi connectivity index (χ1v) is 4.62. The van der Waals surface area contributed by atoms with Crippen molar-refractivity contribution in [3.8, 4) is 11.8 Å². The van der Waals surface area contributed by atoms with Gasteiger partial charge in [0.2, 0.25) is 0 Å². The first kappa shape index (κ1) is 12.4. The van der Waals surface area contributed by atoms with Crippen molar-refractivity contribution in [1.29, 1.82) is 5.26 Å². The van der Waals surface area contributed by atoms with E-state index >= 15 is 0 Å². The molecule has 0 fully saturated rings. The minimum atomic E-state index is -4.44. The monoisotopic (exact) mass is 229 g/mol. The van der Waals surface area contributed by atoms with E-state index in [0.717, 1.165) is 12.1 Å². The van der Waals surface area contributed by atoms with Crippen LogP contribution in [-0.2, 0) is 6.18 Å². The van der Waals surface area contributed by atoms with Gasteiger partial charge in [-0.3, -0.25) is 0 Å². The summed E-state index contributed by atoms with van der Waals surface area (Å²) < 4.78 is 42.3. The molecule has 0 unspecified atom stereocenters. The molecule has 0 saturated heterocycles.